The highest BCUT2D eigenvalue weighted by atomic mass is 35.5. The monoisotopic (exact) mass is 402 g/mol. The molecule has 1 fully saturated rings. The number of nitrogens with zero attached hydrogens (tertiary/aromatic N) is 1. The summed E-state index contributed by atoms with van der Waals surface area (Å²) in [5.74, 6) is -1.34. The maximum absolute atomic E-state index is 12.3. The Balaban J connectivity index is 1.54. The first-order chi connectivity index (χ1) is 13.5. The molecule has 8 heteroatoms. The van der Waals surface area contributed by atoms with Gasteiger partial charge in [0.1, 0.15) is 5.75 Å². The number of carbonyl (C=O) groups excluding carboxylic acids is 3. The van der Waals surface area contributed by atoms with Gasteiger partial charge in [-0.3, -0.25) is 14.4 Å². The summed E-state index contributed by atoms with van der Waals surface area (Å²) >= 11 is 5.79. The molecule has 146 valence electrons. The number of rotatable bonds is 6. The van der Waals surface area contributed by atoms with E-state index in [0.29, 0.717) is 22.1 Å². The second-order valence-electron chi connectivity index (χ2n) is 6.24. The van der Waals surface area contributed by atoms with Crippen molar-refractivity contribution >= 4 is 40.8 Å². The van der Waals surface area contributed by atoms with Gasteiger partial charge in [-0.15, -0.1) is 0 Å². The molecular formula is C20H19ClN2O5. The van der Waals surface area contributed by atoms with Gasteiger partial charge >= 0.3 is 5.97 Å². The minimum atomic E-state index is -0.638. The fourth-order valence-corrected chi connectivity index (χ4v) is 3.06. The molecule has 3 rings (SSSR count). The summed E-state index contributed by atoms with van der Waals surface area (Å²) in [5, 5.41) is 3.16. The van der Waals surface area contributed by atoms with Gasteiger partial charge in [0.05, 0.1) is 18.7 Å². The highest BCUT2D eigenvalue weighted by Gasteiger charge is 2.37. The molecule has 0 aromatic heterocycles. The van der Waals surface area contributed by atoms with Crippen molar-refractivity contribution < 1.29 is 23.9 Å². The van der Waals surface area contributed by atoms with Crippen molar-refractivity contribution in [1.29, 1.82) is 0 Å². The Morgan fingerprint density at radius 2 is 1.89 bits per heavy atom. The van der Waals surface area contributed by atoms with Crippen LogP contribution in [0.2, 0.25) is 5.02 Å². The quantitative estimate of drug-likeness (QED) is 0.751. The summed E-state index contributed by atoms with van der Waals surface area (Å²) in [6.45, 7) is -0.252. The molecule has 1 atom stereocenters. The summed E-state index contributed by atoms with van der Waals surface area (Å²) in [4.78, 5) is 38.1. The lowest BCUT2D eigenvalue weighted by Gasteiger charge is -2.19. The Hall–Kier alpha value is -3.06. The number of anilines is 2. The lowest BCUT2D eigenvalue weighted by atomic mass is 10.1. The molecule has 0 bridgehead atoms. The van der Waals surface area contributed by atoms with Crippen molar-refractivity contribution in [3.63, 3.8) is 0 Å². The zero-order chi connectivity index (χ0) is 20.1. The molecule has 1 N–H and O–H groups in total. The lowest BCUT2D eigenvalue weighted by molar-refractivity contribution is -0.151. The number of halogens is 1. The molecule has 1 heterocycles. The largest absolute Gasteiger partial charge is 0.495 e. The average Bonchev–Trinajstić information content (AvgIpc) is 3.09. The molecule has 1 aliphatic heterocycles. The Morgan fingerprint density at radius 1 is 1.18 bits per heavy atom. The molecule has 2 aromatic rings. The highest BCUT2D eigenvalue weighted by Crippen LogP contribution is 2.33. The van der Waals surface area contributed by atoms with Gasteiger partial charge in [-0.1, -0.05) is 23.7 Å². The van der Waals surface area contributed by atoms with E-state index in [1.165, 1.54) is 12.0 Å². The van der Waals surface area contributed by atoms with E-state index in [-0.39, 0.29) is 18.9 Å². The van der Waals surface area contributed by atoms with Crippen molar-refractivity contribution in [3.8, 4) is 5.75 Å². The zero-order valence-corrected chi connectivity index (χ0v) is 15.9. The second kappa shape index (κ2) is 8.75. The fourth-order valence-electron chi connectivity index (χ4n) is 2.94. The van der Waals surface area contributed by atoms with Crippen LogP contribution in [0.4, 0.5) is 11.4 Å². The standard InChI is InChI=1S/C20H19ClN2O5/c1-27-17-5-3-2-4-16(17)23-11-13(10-19(23)25)20(26)28-12-18(24)22-15-8-6-14(21)7-9-15/h2-9,13H,10-12H2,1H3,(H,22,24)/t13-/m1/s1. The third-order valence-corrected chi connectivity index (χ3v) is 4.56. The van der Waals surface area contributed by atoms with E-state index in [2.05, 4.69) is 5.32 Å². The van der Waals surface area contributed by atoms with E-state index < -0.39 is 24.4 Å². The number of ether oxygens (including phenoxy) is 2. The number of para-hydroxylation sites is 2. The number of nitrogens with one attached hydrogen (secondary N) is 1. The van der Waals surface area contributed by atoms with Gasteiger partial charge in [-0.25, -0.2) is 0 Å². The molecule has 28 heavy (non-hydrogen) atoms. The van der Waals surface area contributed by atoms with Crippen molar-refractivity contribution in [2.75, 3.05) is 30.5 Å². The van der Waals surface area contributed by atoms with Gasteiger partial charge in [0.15, 0.2) is 6.61 Å². The van der Waals surface area contributed by atoms with Crippen molar-refractivity contribution in [2.24, 2.45) is 5.92 Å². The molecule has 1 aliphatic rings. The molecule has 2 aromatic carbocycles. The van der Waals surface area contributed by atoms with Gasteiger partial charge in [0, 0.05) is 23.7 Å². The Bertz CT molecular complexity index is 884. The van der Waals surface area contributed by atoms with E-state index in [4.69, 9.17) is 21.1 Å². The van der Waals surface area contributed by atoms with Crippen molar-refractivity contribution in [1.82, 2.24) is 0 Å². The zero-order valence-electron chi connectivity index (χ0n) is 15.2. The van der Waals surface area contributed by atoms with Crippen LogP contribution >= 0.6 is 11.6 Å². The molecule has 0 spiro atoms. The van der Waals surface area contributed by atoms with Crippen LogP contribution in [0.3, 0.4) is 0 Å². The Morgan fingerprint density at radius 3 is 2.61 bits per heavy atom. The number of hydrogen-bond acceptors (Lipinski definition) is 5. The van der Waals surface area contributed by atoms with Crippen LogP contribution in [-0.4, -0.2) is 38.0 Å². The van der Waals surface area contributed by atoms with Gasteiger partial charge in [0.25, 0.3) is 5.91 Å². The summed E-state index contributed by atoms with van der Waals surface area (Å²) in [6, 6.07) is 13.6. The predicted molar refractivity (Wildman–Crippen MR) is 104 cm³/mol. The molecule has 0 radical (unpaired) electrons. The first kappa shape index (κ1) is 19.7. The van der Waals surface area contributed by atoms with Crippen LogP contribution in [0.5, 0.6) is 5.75 Å². The number of amides is 2. The van der Waals surface area contributed by atoms with E-state index >= 15 is 0 Å². The minimum Gasteiger partial charge on any atom is -0.495 e. The van der Waals surface area contributed by atoms with Crippen LogP contribution in [0.15, 0.2) is 48.5 Å². The number of esters is 1. The van der Waals surface area contributed by atoms with Crippen LogP contribution in [0.1, 0.15) is 6.42 Å². The van der Waals surface area contributed by atoms with E-state index in [9.17, 15) is 14.4 Å². The van der Waals surface area contributed by atoms with Crippen LogP contribution in [0.25, 0.3) is 0 Å². The number of benzene rings is 2. The lowest BCUT2D eigenvalue weighted by Crippen LogP contribution is -2.28. The van der Waals surface area contributed by atoms with E-state index in [1.807, 2.05) is 0 Å². The fraction of sp³-hybridized carbons (Fsp3) is 0.250. The Kier molecular flexibility index (Phi) is 6.16. The third kappa shape index (κ3) is 4.61. The minimum absolute atomic E-state index is 0.0235. The highest BCUT2D eigenvalue weighted by molar-refractivity contribution is 6.30. The Labute approximate surface area is 167 Å². The predicted octanol–water partition coefficient (Wildman–Crippen LogP) is 2.88. The molecule has 7 nitrogen and oxygen atoms in total. The third-order valence-electron chi connectivity index (χ3n) is 4.31. The SMILES string of the molecule is COc1ccccc1N1C[C@H](C(=O)OCC(=O)Nc2ccc(Cl)cc2)CC1=O. The summed E-state index contributed by atoms with van der Waals surface area (Å²) in [7, 11) is 1.52. The topological polar surface area (TPSA) is 84.9 Å². The first-order valence-corrected chi connectivity index (χ1v) is 9.01. The molecule has 0 aliphatic carbocycles. The maximum Gasteiger partial charge on any atom is 0.311 e. The molecule has 0 unspecified atom stereocenters. The molecular weight excluding hydrogens is 384 g/mol. The number of hydrogen-bond donors (Lipinski definition) is 1. The average molecular weight is 403 g/mol. The molecule has 2 amide bonds. The number of methoxy groups -OCH3 is 1. The van der Waals surface area contributed by atoms with Gasteiger partial charge in [-0.05, 0) is 36.4 Å². The van der Waals surface area contributed by atoms with Crippen LogP contribution in [0, 0.1) is 5.92 Å². The smallest absolute Gasteiger partial charge is 0.311 e. The molecule has 0 saturated carbocycles. The van der Waals surface area contributed by atoms with Gasteiger partial charge in [-0.2, -0.15) is 0 Å². The van der Waals surface area contributed by atoms with Crippen LogP contribution in [-0.2, 0) is 19.1 Å². The normalized spacial score (nSPS) is 16.0. The summed E-state index contributed by atoms with van der Waals surface area (Å²) in [6.07, 6.45) is 0.0235. The molecule has 1 saturated heterocycles. The summed E-state index contributed by atoms with van der Waals surface area (Å²) < 4.78 is 10.4. The second-order valence-corrected chi connectivity index (χ2v) is 6.68. The summed E-state index contributed by atoms with van der Waals surface area (Å²) in [5.41, 5.74) is 1.15. The van der Waals surface area contributed by atoms with Crippen molar-refractivity contribution in [3.05, 3.63) is 53.6 Å². The van der Waals surface area contributed by atoms with E-state index in [1.54, 1.807) is 48.5 Å². The van der Waals surface area contributed by atoms with Crippen LogP contribution < -0.4 is 15.0 Å². The van der Waals surface area contributed by atoms with E-state index in [0.717, 1.165) is 0 Å². The number of carbonyl (C=O) groups is 3. The van der Waals surface area contributed by atoms with Gasteiger partial charge < -0.3 is 19.7 Å². The van der Waals surface area contributed by atoms with Gasteiger partial charge in [0.2, 0.25) is 5.91 Å². The maximum atomic E-state index is 12.3. The van der Waals surface area contributed by atoms with Crippen molar-refractivity contribution in [2.45, 2.75) is 6.42 Å². The first-order valence-electron chi connectivity index (χ1n) is 8.63.